The Morgan fingerprint density at radius 3 is 3.10 bits per heavy atom. The van der Waals surface area contributed by atoms with Crippen LogP contribution >= 0.6 is 0 Å². The Bertz CT molecular complexity index is 545. The molecule has 0 radical (unpaired) electrons. The van der Waals surface area contributed by atoms with Crippen molar-refractivity contribution in [2.75, 3.05) is 19.7 Å². The van der Waals surface area contributed by atoms with Crippen molar-refractivity contribution >= 4 is 5.91 Å². The van der Waals surface area contributed by atoms with Crippen LogP contribution in [0.25, 0.3) is 0 Å². The molecule has 0 bridgehead atoms. The van der Waals surface area contributed by atoms with Crippen molar-refractivity contribution in [2.24, 2.45) is 11.7 Å². The minimum Gasteiger partial charge on any atom is -0.395 e. The lowest BCUT2D eigenvalue weighted by Crippen LogP contribution is -2.40. The third kappa shape index (κ3) is 4.89. The largest absolute Gasteiger partial charge is 0.395 e. The van der Waals surface area contributed by atoms with Crippen LogP contribution in [0.4, 0.5) is 0 Å². The first kappa shape index (κ1) is 15.6. The number of rotatable bonds is 4. The molecule has 1 heterocycles. The van der Waals surface area contributed by atoms with Crippen molar-refractivity contribution in [1.82, 2.24) is 4.90 Å². The molecule has 1 unspecified atom stereocenters. The number of aliphatic hydroxyl groups excluding tert-OH is 1. The highest BCUT2D eigenvalue weighted by Gasteiger charge is 2.23. The molecule has 1 fully saturated rings. The van der Waals surface area contributed by atoms with Gasteiger partial charge in [-0.25, -0.2) is 0 Å². The SMILES string of the molecule is NC(=O)C1CCCN(Cc2cccc(C#CCCO)c2)C1. The molecule has 112 valence electrons. The highest BCUT2D eigenvalue weighted by Crippen LogP contribution is 2.18. The van der Waals surface area contributed by atoms with Crippen molar-refractivity contribution in [3.8, 4) is 11.8 Å². The normalized spacial score (nSPS) is 18.8. The van der Waals surface area contributed by atoms with Gasteiger partial charge in [-0.15, -0.1) is 0 Å². The zero-order valence-electron chi connectivity index (χ0n) is 12.2. The van der Waals surface area contributed by atoms with Crippen LogP contribution in [0.15, 0.2) is 24.3 Å². The van der Waals surface area contributed by atoms with Crippen molar-refractivity contribution in [1.29, 1.82) is 0 Å². The van der Waals surface area contributed by atoms with Crippen LogP contribution in [0.2, 0.25) is 0 Å². The Labute approximate surface area is 125 Å². The summed E-state index contributed by atoms with van der Waals surface area (Å²) in [4.78, 5) is 13.6. The lowest BCUT2D eigenvalue weighted by molar-refractivity contribution is -0.123. The third-order valence-corrected chi connectivity index (χ3v) is 3.71. The van der Waals surface area contributed by atoms with Gasteiger partial charge in [0.15, 0.2) is 0 Å². The molecule has 1 atom stereocenters. The number of amides is 1. The van der Waals surface area contributed by atoms with Crippen molar-refractivity contribution in [2.45, 2.75) is 25.8 Å². The van der Waals surface area contributed by atoms with E-state index >= 15 is 0 Å². The third-order valence-electron chi connectivity index (χ3n) is 3.71. The van der Waals surface area contributed by atoms with Gasteiger partial charge in [-0.2, -0.15) is 0 Å². The lowest BCUT2D eigenvalue weighted by Gasteiger charge is -2.31. The predicted octanol–water partition coefficient (Wildman–Crippen LogP) is 1.12. The van der Waals surface area contributed by atoms with E-state index in [1.165, 1.54) is 5.56 Å². The van der Waals surface area contributed by atoms with Crippen LogP contribution < -0.4 is 5.73 Å². The summed E-state index contributed by atoms with van der Waals surface area (Å²) in [6.45, 7) is 2.66. The number of hydrogen-bond donors (Lipinski definition) is 2. The molecule has 4 heteroatoms. The van der Waals surface area contributed by atoms with E-state index < -0.39 is 0 Å². The van der Waals surface area contributed by atoms with Crippen LogP contribution in [-0.2, 0) is 11.3 Å². The first-order valence-corrected chi connectivity index (χ1v) is 7.39. The second-order valence-electron chi connectivity index (χ2n) is 5.45. The van der Waals surface area contributed by atoms with Gasteiger partial charge in [-0.05, 0) is 37.1 Å². The van der Waals surface area contributed by atoms with Gasteiger partial charge in [0.1, 0.15) is 0 Å². The Morgan fingerprint density at radius 2 is 2.33 bits per heavy atom. The molecule has 1 aromatic carbocycles. The second-order valence-corrected chi connectivity index (χ2v) is 5.45. The van der Waals surface area contributed by atoms with E-state index in [1.807, 2.05) is 12.1 Å². The standard InChI is InChI=1S/C17H22N2O2/c18-17(21)16-8-4-9-19(13-16)12-15-7-3-6-14(11-15)5-1-2-10-20/h3,6-7,11,16,20H,2,4,8-10,12-13H2,(H2,18,21). The molecule has 0 aromatic heterocycles. The molecule has 4 nitrogen and oxygen atoms in total. The summed E-state index contributed by atoms with van der Waals surface area (Å²) in [5, 5.41) is 8.74. The summed E-state index contributed by atoms with van der Waals surface area (Å²) in [6.07, 6.45) is 2.42. The zero-order chi connectivity index (χ0) is 15.1. The maximum Gasteiger partial charge on any atom is 0.221 e. The molecule has 2 rings (SSSR count). The molecule has 1 aliphatic rings. The Morgan fingerprint density at radius 1 is 1.48 bits per heavy atom. The molecule has 0 spiro atoms. The molecule has 0 saturated carbocycles. The summed E-state index contributed by atoms with van der Waals surface area (Å²) in [7, 11) is 0. The number of hydrogen-bond acceptors (Lipinski definition) is 3. The number of primary amides is 1. The van der Waals surface area contributed by atoms with Crippen LogP contribution in [0.5, 0.6) is 0 Å². The highest BCUT2D eigenvalue weighted by atomic mass is 16.2. The molecular weight excluding hydrogens is 264 g/mol. The van der Waals surface area contributed by atoms with E-state index in [9.17, 15) is 4.79 Å². The first-order valence-electron chi connectivity index (χ1n) is 7.39. The number of aliphatic hydroxyl groups is 1. The minimum absolute atomic E-state index is 0.0220. The van der Waals surface area contributed by atoms with Gasteiger partial charge >= 0.3 is 0 Å². The van der Waals surface area contributed by atoms with Crippen molar-refractivity contribution < 1.29 is 9.90 Å². The molecule has 0 aliphatic carbocycles. The van der Waals surface area contributed by atoms with Crippen molar-refractivity contribution in [3.05, 3.63) is 35.4 Å². The number of carbonyl (C=O) groups excluding carboxylic acids is 1. The van der Waals surface area contributed by atoms with E-state index in [2.05, 4.69) is 28.9 Å². The van der Waals surface area contributed by atoms with Gasteiger partial charge in [-0.3, -0.25) is 9.69 Å². The van der Waals surface area contributed by atoms with E-state index in [0.29, 0.717) is 6.42 Å². The fraction of sp³-hybridized carbons (Fsp3) is 0.471. The number of likely N-dealkylation sites (tertiary alicyclic amines) is 1. The second kappa shape index (κ2) is 7.82. The summed E-state index contributed by atoms with van der Waals surface area (Å²) in [5.74, 6) is 5.76. The fourth-order valence-corrected chi connectivity index (χ4v) is 2.66. The van der Waals surface area contributed by atoms with Crippen LogP contribution in [0.1, 0.15) is 30.4 Å². The van der Waals surface area contributed by atoms with Crippen molar-refractivity contribution in [3.63, 3.8) is 0 Å². The predicted molar refractivity (Wildman–Crippen MR) is 82.2 cm³/mol. The van der Waals surface area contributed by atoms with E-state index in [4.69, 9.17) is 10.8 Å². The van der Waals surface area contributed by atoms with E-state index in [-0.39, 0.29) is 18.4 Å². The molecule has 21 heavy (non-hydrogen) atoms. The van der Waals surface area contributed by atoms with Gasteiger partial charge < -0.3 is 10.8 Å². The smallest absolute Gasteiger partial charge is 0.221 e. The average Bonchev–Trinajstić information content (AvgIpc) is 2.48. The fourth-order valence-electron chi connectivity index (χ4n) is 2.66. The van der Waals surface area contributed by atoms with E-state index in [0.717, 1.165) is 38.0 Å². The molecule has 3 N–H and O–H groups in total. The van der Waals surface area contributed by atoms with Gasteiger partial charge in [0.05, 0.1) is 12.5 Å². The molecule has 1 aromatic rings. The first-order chi connectivity index (χ1) is 10.2. The monoisotopic (exact) mass is 286 g/mol. The average molecular weight is 286 g/mol. The molecule has 1 saturated heterocycles. The Balaban J connectivity index is 1.98. The van der Waals surface area contributed by atoms with Crippen LogP contribution in [-0.4, -0.2) is 35.6 Å². The van der Waals surface area contributed by atoms with E-state index in [1.54, 1.807) is 0 Å². The number of carbonyl (C=O) groups is 1. The quantitative estimate of drug-likeness (QED) is 0.815. The van der Waals surface area contributed by atoms with Gasteiger partial charge in [0, 0.05) is 25.1 Å². The van der Waals surface area contributed by atoms with Gasteiger partial charge in [0.2, 0.25) is 5.91 Å². The molecule has 1 amide bonds. The lowest BCUT2D eigenvalue weighted by atomic mass is 9.97. The van der Waals surface area contributed by atoms with Gasteiger partial charge in [0.25, 0.3) is 0 Å². The number of nitrogens with zero attached hydrogens (tertiary/aromatic N) is 1. The highest BCUT2D eigenvalue weighted by molar-refractivity contribution is 5.76. The topological polar surface area (TPSA) is 66.6 Å². The summed E-state index contributed by atoms with van der Waals surface area (Å²) in [6, 6.07) is 8.10. The number of benzene rings is 1. The molecular formula is C17H22N2O2. The number of piperidine rings is 1. The molecule has 1 aliphatic heterocycles. The maximum absolute atomic E-state index is 11.3. The Hall–Kier alpha value is -1.83. The summed E-state index contributed by atoms with van der Waals surface area (Å²) in [5.41, 5.74) is 7.56. The maximum atomic E-state index is 11.3. The summed E-state index contributed by atoms with van der Waals surface area (Å²) < 4.78 is 0. The number of nitrogens with two attached hydrogens (primary N) is 1. The van der Waals surface area contributed by atoms with Crippen LogP contribution in [0.3, 0.4) is 0 Å². The summed E-state index contributed by atoms with van der Waals surface area (Å²) >= 11 is 0. The minimum atomic E-state index is -0.191. The van der Waals surface area contributed by atoms with Gasteiger partial charge in [-0.1, -0.05) is 24.0 Å². The zero-order valence-corrected chi connectivity index (χ0v) is 12.2. The van der Waals surface area contributed by atoms with Crippen LogP contribution in [0, 0.1) is 17.8 Å². The Kier molecular flexibility index (Phi) is 5.79.